The Morgan fingerprint density at radius 1 is 0.929 bits per heavy atom. The minimum atomic E-state index is 0.551. The van der Waals surface area contributed by atoms with Crippen molar-refractivity contribution in [3.63, 3.8) is 0 Å². The van der Waals surface area contributed by atoms with Crippen LogP contribution in [0.1, 0.15) is 65.7 Å². The second kappa shape index (κ2) is 3.87. The van der Waals surface area contributed by atoms with E-state index in [0.29, 0.717) is 5.41 Å². The van der Waals surface area contributed by atoms with Crippen LogP contribution in [0.25, 0.3) is 0 Å². The van der Waals surface area contributed by atoms with E-state index in [1.165, 1.54) is 25.7 Å². The first-order chi connectivity index (χ1) is 6.56. The zero-order valence-electron chi connectivity index (χ0n) is 10.2. The molecule has 0 aromatic heterocycles. The highest BCUT2D eigenvalue weighted by Crippen LogP contribution is 2.48. The van der Waals surface area contributed by atoms with Crippen LogP contribution < -0.4 is 0 Å². The molecule has 3 atom stereocenters. The normalized spacial score (nSPS) is 38.4. The van der Waals surface area contributed by atoms with Crippen LogP contribution in [0.15, 0.2) is 0 Å². The lowest BCUT2D eigenvalue weighted by Crippen LogP contribution is -2.27. The summed E-state index contributed by atoms with van der Waals surface area (Å²) in [4.78, 5) is 0. The van der Waals surface area contributed by atoms with Crippen LogP contribution in [-0.2, 0) is 0 Å². The van der Waals surface area contributed by atoms with Crippen molar-refractivity contribution < 1.29 is 0 Å². The molecule has 0 aromatic carbocycles. The van der Waals surface area contributed by atoms with Crippen molar-refractivity contribution in [2.24, 2.45) is 23.2 Å². The molecule has 14 heavy (non-hydrogen) atoms. The summed E-state index contributed by atoms with van der Waals surface area (Å²) >= 11 is 0. The standard InChI is InChI=1S/C14H26/c1-14(2,3)10-12-8-4-6-11-7-5-9-13(11)12/h11-13H,4-10H2,1-3H3. The van der Waals surface area contributed by atoms with Gasteiger partial charge in [0, 0.05) is 0 Å². The molecule has 0 N–H and O–H groups in total. The Hall–Kier alpha value is 0. The van der Waals surface area contributed by atoms with Gasteiger partial charge >= 0.3 is 0 Å². The molecule has 0 aromatic rings. The van der Waals surface area contributed by atoms with E-state index in [-0.39, 0.29) is 0 Å². The predicted molar refractivity (Wildman–Crippen MR) is 62.2 cm³/mol. The topological polar surface area (TPSA) is 0 Å². The molecule has 2 aliphatic rings. The molecule has 0 amide bonds. The third-order valence-corrected chi connectivity index (χ3v) is 4.35. The van der Waals surface area contributed by atoms with Crippen LogP contribution >= 0.6 is 0 Å². The molecule has 0 saturated heterocycles. The summed E-state index contributed by atoms with van der Waals surface area (Å²) in [6.07, 6.45) is 10.7. The monoisotopic (exact) mass is 194 g/mol. The molecule has 2 rings (SSSR count). The smallest absolute Gasteiger partial charge is 0.0357 e. The highest BCUT2D eigenvalue weighted by molar-refractivity contribution is 4.88. The maximum Gasteiger partial charge on any atom is -0.0357 e. The van der Waals surface area contributed by atoms with Crippen LogP contribution in [0.5, 0.6) is 0 Å². The van der Waals surface area contributed by atoms with E-state index in [1.54, 1.807) is 19.3 Å². The van der Waals surface area contributed by atoms with Gasteiger partial charge in [0.25, 0.3) is 0 Å². The van der Waals surface area contributed by atoms with Crippen molar-refractivity contribution in [2.45, 2.75) is 65.7 Å². The van der Waals surface area contributed by atoms with E-state index in [9.17, 15) is 0 Å². The molecule has 82 valence electrons. The quantitative estimate of drug-likeness (QED) is 0.570. The molecule has 0 nitrogen and oxygen atoms in total. The maximum absolute atomic E-state index is 2.41. The molecular formula is C14H26. The fraction of sp³-hybridized carbons (Fsp3) is 1.00. The van der Waals surface area contributed by atoms with Gasteiger partial charge in [-0.3, -0.25) is 0 Å². The fourth-order valence-electron chi connectivity index (χ4n) is 3.94. The zero-order chi connectivity index (χ0) is 10.2. The van der Waals surface area contributed by atoms with Crippen LogP contribution in [0.2, 0.25) is 0 Å². The van der Waals surface area contributed by atoms with E-state index in [0.717, 1.165) is 17.8 Å². The van der Waals surface area contributed by atoms with Crippen LogP contribution in [-0.4, -0.2) is 0 Å². The lowest BCUT2D eigenvalue weighted by molar-refractivity contribution is 0.133. The Morgan fingerprint density at radius 3 is 2.21 bits per heavy atom. The first-order valence-electron chi connectivity index (χ1n) is 6.56. The van der Waals surface area contributed by atoms with Gasteiger partial charge in [0.2, 0.25) is 0 Å². The second-order valence-electron chi connectivity index (χ2n) is 6.81. The Kier molecular flexibility index (Phi) is 2.91. The molecular weight excluding hydrogens is 168 g/mol. The number of rotatable bonds is 1. The van der Waals surface area contributed by atoms with Crippen LogP contribution in [0.4, 0.5) is 0 Å². The molecule has 0 radical (unpaired) electrons. The Labute approximate surface area is 89.5 Å². The molecule has 2 aliphatic carbocycles. The number of hydrogen-bond acceptors (Lipinski definition) is 0. The van der Waals surface area contributed by atoms with Gasteiger partial charge < -0.3 is 0 Å². The van der Waals surface area contributed by atoms with E-state index < -0.39 is 0 Å². The summed E-state index contributed by atoms with van der Waals surface area (Å²) in [5.41, 5.74) is 0.551. The van der Waals surface area contributed by atoms with Crippen molar-refractivity contribution in [3.05, 3.63) is 0 Å². The van der Waals surface area contributed by atoms with E-state index in [1.807, 2.05) is 0 Å². The van der Waals surface area contributed by atoms with Crippen LogP contribution in [0, 0.1) is 23.2 Å². The van der Waals surface area contributed by atoms with Gasteiger partial charge in [0.15, 0.2) is 0 Å². The van der Waals surface area contributed by atoms with Gasteiger partial charge in [-0.05, 0) is 36.0 Å². The molecule has 2 saturated carbocycles. The van der Waals surface area contributed by atoms with Crippen molar-refractivity contribution in [1.82, 2.24) is 0 Å². The zero-order valence-corrected chi connectivity index (χ0v) is 10.2. The average molecular weight is 194 g/mol. The summed E-state index contributed by atoms with van der Waals surface area (Å²) in [6, 6.07) is 0. The minimum absolute atomic E-state index is 0.551. The molecule has 0 spiro atoms. The molecule has 0 bridgehead atoms. The lowest BCUT2D eigenvalue weighted by Gasteiger charge is -2.37. The van der Waals surface area contributed by atoms with Gasteiger partial charge in [-0.2, -0.15) is 0 Å². The highest BCUT2D eigenvalue weighted by Gasteiger charge is 2.37. The SMILES string of the molecule is CC(C)(C)CC1CCCC2CCCC21. The van der Waals surface area contributed by atoms with Crippen LogP contribution in [0.3, 0.4) is 0 Å². The molecule has 3 unspecified atom stereocenters. The van der Waals surface area contributed by atoms with Gasteiger partial charge in [-0.25, -0.2) is 0 Å². The van der Waals surface area contributed by atoms with Crippen molar-refractivity contribution in [2.75, 3.05) is 0 Å². The summed E-state index contributed by atoms with van der Waals surface area (Å²) in [6.45, 7) is 7.22. The Balaban J connectivity index is 1.97. The van der Waals surface area contributed by atoms with Gasteiger partial charge in [0.05, 0.1) is 0 Å². The van der Waals surface area contributed by atoms with Gasteiger partial charge in [-0.15, -0.1) is 0 Å². The van der Waals surface area contributed by atoms with Gasteiger partial charge in [-0.1, -0.05) is 52.9 Å². The average Bonchev–Trinajstić information content (AvgIpc) is 2.49. The Morgan fingerprint density at radius 2 is 1.57 bits per heavy atom. The second-order valence-corrected chi connectivity index (χ2v) is 6.81. The lowest BCUT2D eigenvalue weighted by atomic mass is 9.68. The minimum Gasteiger partial charge on any atom is -0.0602 e. The van der Waals surface area contributed by atoms with Crippen molar-refractivity contribution in [1.29, 1.82) is 0 Å². The molecule has 0 heteroatoms. The third kappa shape index (κ3) is 2.32. The third-order valence-electron chi connectivity index (χ3n) is 4.35. The summed E-state index contributed by atoms with van der Waals surface area (Å²) in [5.74, 6) is 3.30. The first kappa shape index (κ1) is 10.5. The van der Waals surface area contributed by atoms with E-state index in [4.69, 9.17) is 0 Å². The molecule has 0 aliphatic heterocycles. The fourth-order valence-corrected chi connectivity index (χ4v) is 3.94. The van der Waals surface area contributed by atoms with E-state index in [2.05, 4.69) is 20.8 Å². The summed E-state index contributed by atoms with van der Waals surface area (Å²) < 4.78 is 0. The maximum atomic E-state index is 2.41. The predicted octanol–water partition coefficient (Wildman–Crippen LogP) is 4.64. The van der Waals surface area contributed by atoms with Gasteiger partial charge in [0.1, 0.15) is 0 Å². The first-order valence-corrected chi connectivity index (χ1v) is 6.56. The Bertz CT molecular complexity index is 187. The van der Waals surface area contributed by atoms with Crippen molar-refractivity contribution in [3.8, 4) is 0 Å². The number of hydrogen-bond donors (Lipinski definition) is 0. The number of fused-ring (bicyclic) bond motifs is 1. The largest absolute Gasteiger partial charge is 0.0602 e. The van der Waals surface area contributed by atoms with E-state index >= 15 is 0 Å². The summed E-state index contributed by atoms with van der Waals surface area (Å²) in [5, 5.41) is 0. The summed E-state index contributed by atoms with van der Waals surface area (Å²) in [7, 11) is 0. The van der Waals surface area contributed by atoms with Crippen molar-refractivity contribution >= 4 is 0 Å². The molecule has 2 fully saturated rings. The molecule has 0 heterocycles. The highest BCUT2D eigenvalue weighted by atomic mass is 14.4.